The summed E-state index contributed by atoms with van der Waals surface area (Å²) in [7, 11) is -2.35. The minimum Gasteiger partial charge on any atom is -0.488 e. The first kappa shape index (κ1) is 19.3. The van der Waals surface area contributed by atoms with Gasteiger partial charge in [-0.05, 0) is 18.6 Å². The molecule has 0 spiro atoms. The Morgan fingerprint density at radius 2 is 1.96 bits per heavy atom. The molecule has 2 rings (SSSR count). The first-order chi connectivity index (χ1) is 11.3. The number of ether oxygens (including phenoxy) is 2. The molecule has 1 atom stereocenters. The predicted octanol–water partition coefficient (Wildman–Crippen LogP) is 2.11. The van der Waals surface area contributed by atoms with Crippen LogP contribution in [0, 0.1) is 5.92 Å². The molecule has 1 fully saturated rings. The Labute approximate surface area is 150 Å². The molecule has 0 aliphatic carbocycles. The van der Waals surface area contributed by atoms with Crippen LogP contribution in [0.2, 0.25) is 10.0 Å². The first-order valence-electron chi connectivity index (χ1n) is 7.11. The molecule has 1 aromatic carbocycles. The number of sulfonamides is 1. The number of carboxylic acid groups (broad SMARTS) is 1. The van der Waals surface area contributed by atoms with Crippen molar-refractivity contribution in [2.45, 2.75) is 11.3 Å². The highest BCUT2D eigenvalue weighted by molar-refractivity contribution is 7.89. The van der Waals surface area contributed by atoms with Gasteiger partial charge in [-0.1, -0.05) is 23.2 Å². The van der Waals surface area contributed by atoms with E-state index in [9.17, 15) is 13.2 Å². The van der Waals surface area contributed by atoms with E-state index in [1.165, 1.54) is 19.2 Å². The average Bonchev–Trinajstić information content (AvgIpc) is 3.00. The van der Waals surface area contributed by atoms with Gasteiger partial charge in [0.25, 0.3) is 0 Å². The number of carbonyl (C=O) groups is 1. The lowest BCUT2D eigenvalue weighted by Gasteiger charge is -2.17. The predicted molar refractivity (Wildman–Crippen MR) is 88.3 cm³/mol. The quantitative estimate of drug-likeness (QED) is 0.708. The number of halogens is 2. The number of carboxylic acids is 1. The molecule has 1 aromatic rings. The maximum absolute atomic E-state index is 12.6. The van der Waals surface area contributed by atoms with Gasteiger partial charge in [-0.3, -0.25) is 4.79 Å². The molecule has 0 bridgehead atoms. The molecular formula is C14H17Cl2NO6S. The number of benzene rings is 1. The van der Waals surface area contributed by atoms with Crippen molar-refractivity contribution >= 4 is 39.2 Å². The standard InChI is InChI=1S/C14H17Cl2NO6S/c1-22-4-5-23-13-11(15)6-10(7-12(13)16)24(20,21)17-3-2-9(8-17)14(18)19/h6-7,9H,2-5,8H2,1H3,(H,18,19). The first-order valence-corrected chi connectivity index (χ1v) is 9.30. The van der Waals surface area contributed by atoms with Gasteiger partial charge in [-0.25, -0.2) is 8.42 Å². The zero-order valence-corrected chi connectivity index (χ0v) is 15.2. The fraction of sp³-hybridized carbons (Fsp3) is 0.500. The molecule has 7 nitrogen and oxygen atoms in total. The van der Waals surface area contributed by atoms with E-state index in [2.05, 4.69) is 0 Å². The molecule has 10 heteroatoms. The lowest BCUT2D eigenvalue weighted by atomic mass is 10.1. The Morgan fingerprint density at radius 1 is 1.33 bits per heavy atom. The molecule has 1 aliphatic heterocycles. The second-order valence-electron chi connectivity index (χ2n) is 5.24. The molecule has 0 saturated carbocycles. The molecule has 0 amide bonds. The smallest absolute Gasteiger partial charge is 0.307 e. The molecule has 1 aliphatic rings. The van der Waals surface area contributed by atoms with Gasteiger partial charge in [0.05, 0.1) is 27.5 Å². The van der Waals surface area contributed by atoms with Crippen LogP contribution in [-0.2, 0) is 19.6 Å². The normalized spacial score (nSPS) is 18.7. The number of hydrogen-bond donors (Lipinski definition) is 1. The van der Waals surface area contributed by atoms with Crippen LogP contribution in [-0.4, -0.2) is 57.2 Å². The molecule has 0 aromatic heterocycles. The fourth-order valence-electron chi connectivity index (χ4n) is 2.35. The summed E-state index contributed by atoms with van der Waals surface area (Å²) >= 11 is 12.2. The third-order valence-electron chi connectivity index (χ3n) is 3.64. The summed E-state index contributed by atoms with van der Waals surface area (Å²) in [4.78, 5) is 10.9. The second kappa shape index (κ2) is 7.88. The Morgan fingerprint density at radius 3 is 2.46 bits per heavy atom. The zero-order chi connectivity index (χ0) is 17.9. The van der Waals surface area contributed by atoms with Crippen molar-refractivity contribution in [2.75, 3.05) is 33.4 Å². The Kier molecular flexibility index (Phi) is 6.33. The van der Waals surface area contributed by atoms with E-state index in [1.807, 2.05) is 0 Å². The fourth-order valence-corrected chi connectivity index (χ4v) is 4.63. The summed E-state index contributed by atoms with van der Waals surface area (Å²) in [6.45, 7) is 0.616. The minimum absolute atomic E-state index is 0.0613. The Bertz CT molecular complexity index is 701. The topological polar surface area (TPSA) is 93.1 Å². The van der Waals surface area contributed by atoms with E-state index in [-0.39, 0.29) is 46.8 Å². The van der Waals surface area contributed by atoms with Crippen molar-refractivity contribution in [2.24, 2.45) is 5.92 Å². The highest BCUT2D eigenvalue weighted by Gasteiger charge is 2.36. The third kappa shape index (κ3) is 4.12. The van der Waals surface area contributed by atoms with Crippen molar-refractivity contribution in [1.82, 2.24) is 4.31 Å². The van der Waals surface area contributed by atoms with Crippen LogP contribution in [0.5, 0.6) is 5.75 Å². The van der Waals surface area contributed by atoms with Crippen LogP contribution < -0.4 is 4.74 Å². The van der Waals surface area contributed by atoms with Crippen molar-refractivity contribution in [3.63, 3.8) is 0 Å². The SMILES string of the molecule is COCCOc1c(Cl)cc(S(=O)(=O)N2CCC(C(=O)O)C2)cc1Cl. The third-order valence-corrected chi connectivity index (χ3v) is 6.05. The van der Waals surface area contributed by atoms with Gasteiger partial charge in [0.2, 0.25) is 10.0 Å². The Hall–Kier alpha value is -1.06. The van der Waals surface area contributed by atoms with Gasteiger partial charge in [0.15, 0.2) is 5.75 Å². The van der Waals surface area contributed by atoms with E-state index < -0.39 is 21.9 Å². The molecule has 24 heavy (non-hydrogen) atoms. The molecule has 1 heterocycles. The summed E-state index contributed by atoms with van der Waals surface area (Å²) in [5, 5.41) is 9.13. The summed E-state index contributed by atoms with van der Waals surface area (Å²) in [6.07, 6.45) is 0.272. The van der Waals surface area contributed by atoms with Gasteiger partial charge in [0, 0.05) is 20.2 Å². The molecule has 1 N–H and O–H groups in total. The lowest BCUT2D eigenvalue weighted by molar-refractivity contribution is -0.141. The van der Waals surface area contributed by atoms with E-state index in [0.29, 0.717) is 6.61 Å². The van der Waals surface area contributed by atoms with E-state index in [4.69, 9.17) is 37.8 Å². The molecular weight excluding hydrogens is 381 g/mol. The number of methoxy groups -OCH3 is 1. The molecule has 134 valence electrons. The number of hydrogen-bond acceptors (Lipinski definition) is 5. The van der Waals surface area contributed by atoms with Crippen LogP contribution in [0.3, 0.4) is 0 Å². The summed E-state index contributed by atoms with van der Waals surface area (Å²) < 4.78 is 36.6. The van der Waals surface area contributed by atoms with Crippen LogP contribution >= 0.6 is 23.2 Å². The van der Waals surface area contributed by atoms with Crippen LogP contribution in [0.1, 0.15) is 6.42 Å². The van der Waals surface area contributed by atoms with Crippen LogP contribution in [0.15, 0.2) is 17.0 Å². The van der Waals surface area contributed by atoms with E-state index >= 15 is 0 Å². The van der Waals surface area contributed by atoms with E-state index in [0.717, 1.165) is 4.31 Å². The van der Waals surface area contributed by atoms with Gasteiger partial charge < -0.3 is 14.6 Å². The lowest BCUT2D eigenvalue weighted by Crippen LogP contribution is -2.30. The van der Waals surface area contributed by atoms with Gasteiger partial charge >= 0.3 is 5.97 Å². The van der Waals surface area contributed by atoms with Gasteiger partial charge in [-0.15, -0.1) is 0 Å². The zero-order valence-electron chi connectivity index (χ0n) is 12.9. The second-order valence-corrected chi connectivity index (χ2v) is 8.00. The van der Waals surface area contributed by atoms with Gasteiger partial charge in [-0.2, -0.15) is 4.31 Å². The number of aliphatic carboxylic acids is 1. The number of rotatable bonds is 7. The number of nitrogens with zero attached hydrogens (tertiary/aromatic N) is 1. The Balaban J connectivity index is 2.24. The highest BCUT2D eigenvalue weighted by Crippen LogP contribution is 2.37. The summed E-state index contributed by atoms with van der Waals surface area (Å²) in [5.41, 5.74) is 0. The highest BCUT2D eigenvalue weighted by atomic mass is 35.5. The maximum atomic E-state index is 12.6. The van der Waals surface area contributed by atoms with Crippen molar-refractivity contribution in [3.8, 4) is 5.75 Å². The average molecular weight is 398 g/mol. The maximum Gasteiger partial charge on any atom is 0.307 e. The molecule has 0 radical (unpaired) electrons. The minimum atomic E-state index is -3.87. The largest absolute Gasteiger partial charge is 0.488 e. The molecule has 1 saturated heterocycles. The summed E-state index contributed by atoms with van der Waals surface area (Å²) in [5.74, 6) is -1.54. The monoisotopic (exact) mass is 397 g/mol. The van der Waals surface area contributed by atoms with Crippen LogP contribution in [0.25, 0.3) is 0 Å². The van der Waals surface area contributed by atoms with Crippen LogP contribution in [0.4, 0.5) is 0 Å². The molecule has 1 unspecified atom stereocenters. The van der Waals surface area contributed by atoms with E-state index in [1.54, 1.807) is 0 Å². The van der Waals surface area contributed by atoms with Crippen molar-refractivity contribution < 1.29 is 27.8 Å². The van der Waals surface area contributed by atoms with Crippen molar-refractivity contribution in [1.29, 1.82) is 0 Å². The summed E-state index contributed by atoms with van der Waals surface area (Å²) in [6, 6.07) is 2.50. The van der Waals surface area contributed by atoms with Crippen molar-refractivity contribution in [3.05, 3.63) is 22.2 Å². The van der Waals surface area contributed by atoms with Gasteiger partial charge in [0.1, 0.15) is 6.61 Å².